The maximum atomic E-state index is 14.9. The van der Waals surface area contributed by atoms with Gasteiger partial charge in [-0.25, -0.2) is 9.18 Å². The van der Waals surface area contributed by atoms with Crippen molar-refractivity contribution in [1.29, 1.82) is 0 Å². The number of aromatic nitrogens is 3. The van der Waals surface area contributed by atoms with E-state index in [4.69, 9.17) is 25.8 Å². The lowest BCUT2D eigenvalue weighted by Crippen LogP contribution is -2.36. The van der Waals surface area contributed by atoms with Crippen LogP contribution in [0.1, 0.15) is 0 Å². The second kappa shape index (κ2) is 10.8. The van der Waals surface area contributed by atoms with Gasteiger partial charge in [0, 0.05) is 34.8 Å². The summed E-state index contributed by atoms with van der Waals surface area (Å²) in [6, 6.07) is 15.1. The molecule has 39 heavy (non-hydrogen) atoms. The van der Waals surface area contributed by atoms with Crippen molar-refractivity contribution in [3.63, 3.8) is 0 Å². The van der Waals surface area contributed by atoms with Gasteiger partial charge in [0.15, 0.2) is 28.2 Å². The average Bonchev–Trinajstić information content (AvgIpc) is 3.24. The molecule has 198 valence electrons. The molecule has 0 aliphatic carbocycles. The molecule has 0 atom stereocenters. The van der Waals surface area contributed by atoms with Crippen LogP contribution in [0.25, 0.3) is 21.8 Å². The molecule has 0 aliphatic heterocycles. The lowest BCUT2D eigenvalue weighted by molar-refractivity contribution is -0.120. The second-order valence-corrected chi connectivity index (χ2v) is 8.61. The highest BCUT2D eigenvalue weighted by molar-refractivity contribution is 6.34. The zero-order chi connectivity index (χ0) is 27.5. The normalized spacial score (nSPS) is 10.9. The molecule has 0 bridgehead atoms. The highest BCUT2D eigenvalue weighted by Gasteiger charge is 2.16. The first kappa shape index (κ1) is 25.7. The largest absolute Gasteiger partial charge is 0.493 e. The molecule has 0 spiro atoms. The highest BCUT2D eigenvalue weighted by atomic mass is 35.5. The number of carbonyl (C=O) groups excluding carboxylic acids is 2. The number of pyridine rings is 1. The first-order valence-electron chi connectivity index (χ1n) is 11.6. The van der Waals surface area contributed by atoms with Crippen LogP contribution in [-0.2, 0) is 11.3 Å². The molecule has 2 heterocycles. The quantitative estimate of drug-likeness (QED) is 0.274. The third-order valence-electron chi connectivity index (χ3n) is 5.78. The van der Waals surface area contributed by atoms with Gasteiger partial charge in [-0.05, 0) is 36.4 Å². The zero-order valence-electron chi connectivity index (χ0n) is 20.7. The van der Waals surface area contributed by atoms with Crippen molar-refractivity contribution >= 4 is 51.0 Å². The Morgan fingerprint density at radius 3 is 2.49 bits per heavy atom. The predicted octanol–water partition coefficient (Wildman–Crippen LogP) is 5.53. The lowest BCUT2D eigenvalue weighted by atomic mass is 10.2. The Hall–Kier alpha value is -4.90. The Morgan fingerprint density at radius 1 is 0.949 bits per heavy atom. The van der Waals surface area contributed by atoms with Crippen molar-refractivity contribution in [3.05, 3.63) is 77.8 Å². The van der Waals surface area contributed by atoms with E-state index in [1.165, 1.54) is 37.2 Å². The fourth-order valence-electron chi connectivity index (χ4n) is 3.99. The number of hydrogen-bond acceptors (Lipinski definition) is 7. The van der Waals surface area contributed by atoms with Crippen LogP contribution in [0, 0.1) is 5.82 Å². The molecule has 0 aliphatic rings. The minimum atomic E-state index is -0.836. The number of imide groups is 1. The number of urea groups is 1. The Morgan fingerprint density at radius 2 is 1.72 bits per heavy atom. The van der Waals surface area contributed by atoms with Crippen molar-refractivity contribution in [3.8, 4) is 23.0 Å². The first-order valence-corrected chi connectivity index (χ1v) is 11.9. The van der Waals surface area contributed by atoms with Gasteiger partial charge in [0.2, 0.25) is 5.91 Å². The minimum absolute atomic E-state index is 0.0817. The van der Waals surface area contributed by atoms with E-state index in [9.17, 15) is 14.0 Å². The first-order chi connectivity index (χ1) is 18.9. The Labute approximate surface area is 226 Å². The van der Waals surface area contributed by atoms with Crippen LogP contribution in [0.15, 0.2) is 66.9 Å². The fourth-order valence-corrected chi connectivity index (χ4v) is 4.24. The third-order valence-corrected chi connectivity index (χ3v) is 6.05. The number of hydrogen-bond donors (Lipinski definition) is 2. The third kappa shape index (κ3) is 5.39. The van der Waals surface area contributed by atoms with Crippen molar-refractivity contribution in [2.45, 2.75) is 6.54 Å². The molecule has 0 saturated carbocycles. The molecule has 3 aromatic carbocycles. The molecule has 0 radical (unpaired) electrons. The smallest absolute Gasteiger partial charge is 0.325 e. The van der Waals surface area contributed by atoms with Crippen molar-refractivity contribution in [2.75, 3.05) is 19.5 Å². The molecule has 0 saturated heterocycles. The molecule has 10 nitrogen and oxygen atoms in total. The Kier molecular flexibility index (Phi) is 7.15. The Balaban J connectivity index is 1.26. The standard InChI is InChI=1S/C27H21ClFN5O5/c1-37-23-12-17-19(13-24(23)38-2)30-10-9-21(17)39-22-8-7-15(11-18(22)29)31-27(36)32-25(35)14-34-20-6-4-3-5-16(20)26(28)33-34/h3-13H,14H2,1-2H3,(H2,31,32,35,36). The number of halogens is 2. The summed E-state index contributed by atoms with van der Waals surface area (Å²) in [6.07, 6.45) is 1.53. The summed E-state index contributed by atoms with van der Waals surface area (Å²) in [7, 11) is 3.02. The second-order valence-electron chi connectivity index (χ2n) is 8.25. The van der Waals surface area contributed by atoms with Gasteiger partial charge in [-0.1, -0.05) is 23.7 Å². The van der Waals surface area contributed by atoms with Crippen LogP contribution in [-0.4, -0.2) is 40.9 Å². The number of para-hydroxylation sites is 1. The number of ether oxygens (including phenoxy) is 3. The van der Waals surface area contributed by atoms with E-state index in [2.05, 4.69) is 20.7 Å². The fraction of sp³-hybridized carbons (Fsp3) is 0.111. The number of nitrogens with one attached hydrogen (secondary N) is 2. The summed E-state index contributed by atoms with van der Waals surface area (Å²) in [5.41, 5.74) is 1.33. The maximum Gasteiger partial charge on any atom is 0.325 e. The van der Waals surface area contributed by atoms with E-state index in [1.54, 1.807) is 42.5 Å². The van der Waals surface area contributed by atoms with Crippen LogP contribution in [0.3, 0.4) is 0 Å². The van der Waals surface area contributed by atoms with Gasteiger partial charge < -0.3 is 19.5 Å². The van der Waals surface area contributed by atoms with Crippen LogP contribution in [0.2, 0.25) is 5.15 Å². The number of amides is 3. The van der Waals surface area contributed by atoms with E-state index in [0.29, 0.717) is 39.1 Å². The molecule has 0 fully saturated rings. The molecule has 2 aromatic heterocycles. The molecular formula is C27H21ClFN5O5. The summed E-state index contributed by atoms with van der Waals surface area (Å²) >= 11 is 6.10. The summed E-state index contributed by atoms with van der Waals surface area (Å²) in [5.74, 6) is -0.143. The molecule has 12 heteroatoms. The molecule has 5 rings (SSSR count). The van der Waals surface area contributed by atoms with Gasteiger partial charge in [0.1, 0.15) is 12.3 Å². The van der Waals surface area contributed by atoms with Gasteiger partial charge in [0.05, 0.1) is 25.3 Å². The molecule has 3 amide bonds. The predicted molar refractivity (Wildman–Crippen MR) is 143 cm³/mol. The van der Waals surface area contributed by atoms with Crippen molar-refractivity contribution in [2.24, 2.45) is 0 Å². The highest BCUT2D eigenvalue weighted by Crippen LogP contribution is 2.37. The van der Waals surface area contributed by atoms with Crippen LogP contribution >= 0.6 is 11.6 Å². The monoisotopic (exact) mass is 549 g/mol. The summed E-state index contributed by atoms with van der Waals surface area (Å²) < 4.78 is 32.7. The minimum Gasteiger partial charge on any atom is -0.493 e. The topological polar surface area (TPSA) is 117 Å². The van der Waals surface area contributed by atoms with Gasteiger partial charge in [-0.15, -0.1) is 0 Å². The summed E-state index contributed by atoms with van der Waals surface area (Å²) in [6.45, 7) is -0.238. The maximum absolute atomic E-state index is 14.9. The van der Waals surface area contributed by atoms with E-state index in [1.807, 2.05) is 0 Å². The SMILES string of the molecule is COc1cc2nccc(Oc3ccc(NC(=O)NC(=O)Cn4nc(Cl)c5ccccc54)cc3F)c2cc1OC. The van der Waals surface area contributed by atoms with Crippen molar-refractivity contribution < 1.29 is 28.2 Å². The van der Waals surface area contributed by atoms with E-state index >= 15 is 0 Å². The molecular weight excluding hydrogens is 529 g/mol. The van der Waals surface area contributed by atoms with Crippen LogP contribution < -0.4 is 24.8 Å². The Bertz CT molecular complexity index is 1720. The number of anilines is 1. The summed E-state index contributed by atoms with van der Waals surface area (Å²) in [4.78, 5) is 29.0. The van der Waals surface area contributed by atoms with Gasteiger partial charge >= 0.3 is 6.03 Å². The number of benzene rings is 3. The average molecular weight is 550 g/mol. The van der Waals surface area contributed by atoms with Crippen LogP contribution in [0.5, 0.6) is 23.0 Å². The summed E-state index contributed by atoms with van der Waals surface area (Å²) in [5, 5.41) is 10.3. The molecule has 0 unspecified atom stereocenters. The van der Waals surface area contributed by atoms with Gasteiger partial charge in [-0.3, -0.25) is 19.8 Å². The number of nitrogens with zero attached hydrogens (tertiary/aromatic N) is 3. The van der Waals surface area contributed by atoms with Crippen LogP contribution in [0.4, 0.5) is 14.9 Å². The molecule has 5 aromatic rings. The molecule has 2 N–H and O–H groups in total. The van der Waals surface area contributed by atoms with Gasteiger partial charge in [-0.2, -0.15) is 5.10 Å². The lowest BCUT2D eigenvalue weighted by Gasteiger charge is -2.13. The van der Waals surface area contributed by atoms with E-state index in [-0.39, 0.29) is 23.1 Å². The number of methoxy groups -OCH3 is 2. The van der Waals surface area contributed by atoms with Gasteiger partial charge in [0.25, 0.3) is 0 Å². The number of carbonyl (C=O) groups is 2. The number of rotatable bonds is 7. The van der Waals surface area contributed by atoms with E-state index in [0.717, 1.165) is 6.07 Å². The zero-order valence-corrected chi connectivity index (χ0v) is 21.5. The van der Waals surface area contributed by atoms with Crippen molar-refractivity contribution in [1.82, 2.24) is 20.1 Å². The van der Waals surface area contributed by atoms with E-state index < -0.39 is 17.8 Å². The number of fused-ring (bicyclic) bond motifs is 2.